The van der Waals surface area contributed by atoms with Crippen molar-refractivity contribution < 1.29 is 9.13 Å². The first-order valence-electron chi connectivity index (χ1n) is 10.1. The van der Waals surface area contributed by atoms with Crippen LogP contribution < -0.4 is 4.74 Å². The monoisotopic (exact) mass is 400 g/mol. The summed E-state index contributed by atoms with van der Waals surface area (Å²) < 4.78 is 18.3. The maximum Gasteiger partial charge on any atom is 0.119 e. The minimum Gasteiger partial charge on any atom is -0.490 e. The number of aromatic nitrogens is 2. The van der Waals surface area contributed by atoms with Crippen LogP contribution in [0.3, 0.4) is 0 Å². The highest BCUT2D eigenvalue weighted by Crippen LogP contribution is 2.23. The van der Waals surface area contributed by atoms with Crippen molar-refractivity contribution in [3.05, 3.63) is 78.9 Å². The molecule has 1 heterocycles. The zero-order valence-corrected chi connectivity index (χ0v) is 17.1. The molecule has 0 fully saturated rings. The molecule has 4 heteroatoms. The van der Waals surface area contributed by atoms with Gasteiger partial charge in [0, 0.05) is 23.1 Å². The fourth-order valence-electron chi connectivity index (χ4n) is 2.88. The zero-order chi connectivity index (χ0) is 21.2. The van der Waals surface area contributed by atoms with Crippen LogP contribution in [0.1, 0.15) is 31.7 Å². The Labute approximate surface area is 177 Å². The summed E-state index contributed by atoms with van der Waals surface area (Å²) in [5.74, 6) is 7.01. The Kier molecular flexibility index (Phi) is 7.74. The Morgan fingerprint density at radius 2 is 1.57 bits per heavy atom. The van der Waals surface area contributed by atoms with E-state index in [1.165, 1.54) is 0 Å². The van der Waals surface area contributed by atoms with E-state index < -0.39 is 6.17 Å². The normalized spacial score (nSPS) is 11.3. The van der Waals surface area contributed by atoms with Gasteiger partial charge in [-0.25, -0.2) is 4.39 Å². The van der Waals surface area contributed by atoms with E-state index in [1.54, 1.807) is 13.0 Å². The Morgan fingerprint density at radius 1 is 0.967 bits per heavy atom. The molecule has 0 aliphatic rings. The lowest BCUT2D eigenvalue weighted by atomic mass is 10.1. The van der Waals surface area contributed by atoms with Crippen molar-refractivity contribution in [3.8, 4) is 40.1 Å². The number of rotatable bonds is 8. The average molecular weight is 400 g/mol. The number of benzene rings is 2. The first kappa shape index (κ1) is 21.3. The molecule has 0 aliphatic carbocycles. The molecule has 152 valence electrons. The molecule has 0 saturated heterocycles. The van der Waals surface area contributed by atoms with Crippen LogP contribution in [0.2, 0.25) is 0 Å². The SMILES string of the molecule is C=CCOc1ccc(-c2ccc(-c3ccc(C#CCCCC(C)F)cc3)nn2)cc1. The number of unbranched alkanes of at least 4 members (excludes halogenated alkanes) is 1. The van der Waals surface area contributed by atoms with Crippen LogP contribution in [0.25, 0.3) is 22.5 Å². The summed E-state index contributed by atoms with van der Waals surface area (Å²) in [6.45, 7) is 5.71. The molecule has 1 atom stereocenters. The first-order valence-corrected chi connectivity index (χ1v) is 10.1. The Balaban J connectivity index is 1.62. The lowest BCUT2D eigenvalue weighted by molar-refractivity contribution is 0.336. The van der Waals surface area contributed by atoms with E-state index in [0.717, 1.165) is 40.2 Å². The highest BCUT2D eigenvalue weighted by atomic mass is 19.1. The molecule has 3 rings (SSSR count). The van der Waals surface area contributed by atoms with Gasteiger partial charge in [-0.05, 0) is 68.3 Å². The molecule has 1 unspecified atom stereocenters. The Bertz CT molecular complexity index is 998. The third-order valence-electron chi connectivity index (χ3n) is 4.50. The molecule has 0 spiro atoms. The summed E-state index contributed by atoms with van der Waals surface area (Å²) in [5.41, 5.74) is 4.52. The van der Waals surface area contributed by atoms with E-state index in [0.29, 0.717) is 19.4 Å². The van der Waals surface area contributed by atoms with Gasteiger partial charge in [-0.1, -0.05) is 36.6 Å². The van der Waals surface area contributed by atoms with Gasteiger partial charge in [0.25, 0.3) is 0 Å². The van der Waals surface area contributed by atoms with Crippen LogP contribution >= 0.6 is 0 Å². The largest absolute Gasteiger partial charge is 0.490 e. The number of alkyl halides is 1. The van der Waals surface area contributed by atoms with Gasteiger partial charge >= 0.3 is 0 Å². The Morgan fingerprint density at radius 3 is 2.10 bits per heavy atom. The third kappa shape index (κ3) is 6.28. The predicted molar refractivity (Wildman–Crippen MR) is 120 cm³/mol. The standard InChI is InChI=1S/C26H25FN2O/c1-3-19-30-24-15-13-23(14-16-24)26-18-17-25(28-29-26)22-11-9-21(10-12-22)8-6-4-5-7-20(2)27/h3,9-18,20H,1,4-5,7,19H2,2H3. The van der Waals surface area contributed by atoms with Gasteiger partial charge in [0.1, 0.15) is 12.4 Å². The molecule has 2 aromatic carbocycles. The summed E-state index contributed by atoms with van der Waals surface area (Å²) in [6, 6.07) is 19.6. The van der Waals surface area contributed by atoms with E-state index in [4.69, 9.17) is 4.74 Å². The first-order chi connectivity index (χ1) is 14.7. The van der Waals surface area contributed by atoms with E-state index in [1.807, 2.05) is 60.7 Å². The van der Waals surface area contributed by atoms with Crippen molar-refractivity contribution in [2.24, 2.45) is 0 Å². The minimum absolute atomic E-state index is 0.483. The Hall–Kier alpha value is -3.45. The van der Waals surface area contributed by atoms with E-state index in [2.05, 4.69) is 28.6 Å². The summed E-state index contributed by atoms with van der Waals surface area (Å²) in [4.78, 5) is 0. The number of hydrogen-bond acceptors (Lipinski definition) is 3. The van der Waals surface area contributed by atoms with Gasteiger partial charge in [-0.2, -0.15) is 0 Å². The molecule has 0 radical (unpaired) electrons. The smallest absolute Gasteiger partial charge is 0.119 e. The third-order valence-corrected chi connectivity index (χ3v) is 4.50. The quantitative estimate of drug-likeness (QED) is 0.254. The highest BCUT2D eigenvalue weighted by Gasteiger charge is 2.04. The van der Waals surface area contributed by atoms with Crippen LogP contribution in [0, 0.1) is 11.8 Å². The summed E-state index contributed by atoms with van der Waals surface area (Å²) in [5, 5.41) is 8.72. The van der Waals surface area contributed by atoms with Gasteiger partial charge in [-0.3, -0.25) is 0 Å². The minimum atomic E-state index is -0.755. The molecular weight excluding hydrogens is 375 g/mol. The summed E-state index contributed by atoms with van der Waals surface area (Å²) >= 11 is 0. The molecule has 0 N–H and O–H groups in total. The number of halogens is 1. The molecule has 0 saturated carbocycles. The number of nitrogens with zero attached hydrogens (tertiary/aromatic N) is 2. The van der Waals surface area contributed by atoms with Gasteiger partial charge in [0.2, 0.25) is 0 Å². The molecular formula is C26H25FN2O. The maximum atomic E-state index is 12.8. The molecule has 3 nitrogen and oxygen atoms in total. The number of ether oxygens (including phenoxy) is 1. The van der Waals surface area contributed by atoms with Crippen molar-refractivity contribution in [3.63, 3.8) is 0 Å². The molecule has 1 aromatic heterocycles. The van der Waals surface area contributed by atoms with E-state index in [9.17, 15) is 4.39 Å². The molecule has 0 aliphatic heterocycles. The zero-order valence-electron chi connectivity index (χ0n) is 17.1. The van der Waals surface area contributed by atoms with E-state index >= 15 is 0 Å². The average Bonchev–Trinajstić information content (AvgIpc) is 2.78. The predicted octanol–water partition coefficient (Wildman–Crippen LogP) is 6.26. The molecule has 3 aromatic rings. The van der Waals surface area contributed by atoms with Gasteiger partial charge in [0.15, 0.2) is 0 Å². The van der Waals surface area contributed by atoms with Crippen LogP contribution in [-0.4, -0.2) is 23.0 Å². The second-order valence-electron chi connectivity index (χ2n) is 6.98. The van der Waals surface area contributed by atoms with Crippen LogP contribution in [0.15, 0.2) is 73.3 Å². The molecule has 30 heavy (non-hydrogen) atoms. The molecule has 0 bridgehead atoms. The molecule has 0 amide bonds. The summed E-state index contributed by atoms with van der Waals surface area (Å²) in [6.07, 6.45) is 3.02. The fraction of sp³-hybridized carbons (Fsp3) is 0.231. The van der Waals surface area contributed by atoms with Gasteiger partial charge in [-0.15, -0.1) is 10.2 Å². The number of hydrogen-bond donors (Lipinski definition) is 0. The lowest BCUT2D eigenvalue weighted by Gasteiger charge is -2.05. The van der Waals surface area contributed by atoms with Crippen molar-refractivity contribution in [1.82, 2.24) is 10.2 Å². The van der Waals surface area contributed by atoms with Gasteiger partial charge < -0.3 is 4.74 Å². The fourth-order valence-corrected chi connectivity index (χ4v) is 2.88. The van der Waals surface area contributed by atoms with Crippen LogP contribution in [0.4, 0.5) is 4.39 Å². The van der Waals surface area contributed by atoms with Crippen LogP contribution in [0.5, 0.6) is 5.75 Å². The summed E-state index contributed by atoms with van der Waals surface area (Å²) in [7, 11) is 0. The van der Waals surface area contributed by atoms with E-state index in [-0.39, 0.29) is 0 Å². The van der Waals surface area contributed by atoms with Crippen molar-refractivity contribution in [1.29, 1.82) is 0 Å². The topological polar surface area (TPSA) is 35.0 Å². The maximum absolute atomic E-state index is 12.8. The van der Waals surface area contributed by atoms with Crippen LogP contribution in [-0.2, 0) is 0 Å². The lowest BCUT2D eigenvalue weighted by Crippen LogP contribution is -1.93. The van der Waals surface area contributed by atoms with Crippen molar-refractivity contribution in [2.45, 2.75) is 32.4 Å². The highest BCUT2D eigenvalue weighted by molar-refractivity contribution is 5.64. The van der Waals surface area contributed by atoms with Crippen molar-refractivity contribution >= 4 is 0 Å². The van der Waals surface area contributed by atoms with Gasteiger partial charge in [0.05, 0.1) is 17.6 Å². The second kappa shape index (κ2) is 10.9. The van der Waals surface area contributed by atoms with Crippen molar-refractivity contribution in [2.75, 3.05) is 6.61 Å². The second-order valence-corrected chi connectivity index (χ2v) is 6.98.